The van der Waals surface area contributed by atoms with E-state index in [1.54, 1.807) is 6.07 Å². The molecular weight excluding hydrogens is 436 g/mol. The van der Waals surface area contributed by atoms with Crippen molar-refractivity contribution in [1.29, 1.82) is 0 Å². The predicted octanol–water partition coefficient (Wildman–Crippen LogP) is 4.52. The molecule has 0 spiro atoms. The molecular formula is C23H29ClN2O4S. The third-order valence-electron chi connectivity index (χ3n) is 5.43. The molecule has 2 aromatic carbocycles. The van der Waals surface area contributed by atoms with Crippen molar-refractivity contribution in [2.45, 2.75) is 57.6 Å². The van der Waals surface area contributed by atoms with Crippen molar-refractivity contribution in [3.8, 4) is 0 Å². The van der Waals surface area contributed by atoms with E-state index < -0.39 is 10.0 Å². The number of ether oxygens (including phenoxy) is 1. The van der Waals surface area contributed by atoms with Crippen molar-refractivity contribution in [3.05, 3.63) is 58.1 Å². The van der Waals surface area contributed by atoms with Crippen LogP contribution in [-0.2, 0) is 27.6 Å². The number of morpholine rings is 1. The van der Waals surface area contributed by atoms with Crippen molar-refractivity contribution in [3.63, 3.8) is 0 Å². The van der Waals surface area contributed by atoms with E-state index in [9.17, 15) is 13.2 Å². The quantitative estimate of drug-likeness (QED) is 0.682. The summed E-state index contributed by atoms with van der Waals surface area (Å²) in [6.45, 7) is 8.20. The van der Waals surface area contributed by atoms with Crippen molar-refractivity contribution in [1.82, 2.24) is 4.31 Å². The zero-order chi connectivity index (χ0) is 22.8. The molecule has 2 aromatic rings. The van der Waals surface area contributed by atoms with Gasteiger partial charge in [0, 0.05) is 24.3 Å². The smallest absolute Gasteiger partial charge is 0.255 e. The van der Waals surface area contributed by atoms with Crippen LogP contribution in [0.1, 0.15) is 49.2 Å². The fourth-order valence-electron chi connectivity index (χ4n) is 3.90. The zero-order valence-corrected chi connectivity index (χ0v) is 19.9. The number of halogens is 1. The first kappa shape index (κ1) is 23.7. The maximum atomic E-state index is 13.3. The number of carbonyl (C=O) groups excluding carboxylic acids is 1. The monoisotopic (exact) mass is 464 g/mol. The van der Waals surface area contributed by atoms with Crippen LogP contribution < -0.4 is 5.32 Å². The molecule has 3 rings (SSSR count). The van der Waals surface area contributed by atoms with E-state index in [1.165, 1.54) is 16.4 Å². The second-order valence-corrected chi connectivity index (χ2v) is 10.2. The molecule has 1 saturated heterocycles. The van der Waals surface area contributed by atoms with E-state index in [0.717, 1.165) is 29.7 Å². The number of benzene rings is 2. The minimum Gasteiger partial charge on any atom is -0.373 e. The summed E-state index contributed by atoms with van der Waals surface area (Å²) in [6.07, 6.45) is 1.11. The van der Waals surface area contributed by atoms with Gasteiger partial charge in [0.25, 0.3) is 5.91 Å². The predicted molar refractivity (Wildman–Crippen MR) is 123 cm³/mol. The number of hydrogen-bond donors (Lipinski definition) is 1. The van der Waals surface area contributed by atoms with Crippen molar-refractivity contribution in [2.24, 2.45) is 0 Å². The molecule has 0 bridgehead atoms. The number of anilines is 1. The van der Waals surface area contributed by atoms with Gasteiger partial charge in [0.15, 0.2) is 0 Å². The largest absolute Gasteiger partial charge is 0.373 e. The Hall–Kier alpha value is -1.93. The lowest BCUT2D eigenvalue weighted by Crippen LogP contribution is -2.48. The molecule has 0 saturated carbocycles. The number of aryl methyl sites for hydroxylation is 2. The molecule has 1 heterocycles. The fraction of sp³-hybridized carbons (Fsp3) is 0.435. The summed E-state index contributed by atoms with van der Waals surface area (Å²) >= 11 is 6.26. The topological polar surface area (TPSA) is 75.7 Å². The molecule has 168 valence electrons. The maximum Gasteiger partial charge on any atom is 0.255 e. The molecule has 0 aromatic heterocycles. The van der Waals surface area contributed by atoms with E-state index in [1.807, 2.05) is 45.9 Å². The van der Waals surface area contributed by atoms with Crippen LogP contribution >= 0.6 is 11.6 Å². The standard InChI is InChI=1S/C23H29ClN2O4S/c1-5-17-8-7-9-18(6-2)22(17)25-23(27)19-10-11-20(24)21(12-19)31(28,29)26-13-15(3)30-16(4)14-26/h7-12,15-16H,5-6,13-14H2,1-4H3,(H,25,27)/t15-,16-/m1/s1. The van der Waals surface area contributed by atoms with Gasteiger partial charge in [-0.05, 0) is 56.0 Å². The van der Waals surface area contributed by atoms with E-state index in [2.05, 4.69) is 5.32 Å². The lowest BCUT2D eigenvalue weighted by atomic mass is 10.0. The highest BCUT2D eigenvalue weighted by Crippen LogP contribution is 2.29. The number of nitrogens with one attached hydrogen (secondary N) is 1. The van der Waals surface area contributed by atoms with Crippen molar-refractivity contribution < 1.29 is 17.9 Å². The van der Waals surface area contributed by atoms with Gasteiger partial charge in [-0.15, -0.1) is 0 Å². The van der Waals surface area contributed by atoms with Gasteiger partial charge >= 0.3 is 0 Å². The Balaban J connectivity index is 1.94. The normalized spacial score (nSPS) is 19.9. The van der Waals surface area contributed by atoms with Gasteiger partial charge in [-0.25, -0.2) is 8.42 Å². The first-order chi connectivity index (χ1) is 14.7. The van der Waals surface area contributed by atoms with Gasteiger partial charge in [-0.1, -0.05) is 43.6 Å². The number of sulfonamides is 1. The third kappa shape index (κ3) is 5.12. The van der Waals surface area contributed by atoms with E-state index in [0.29, 0.717) is 0 Å². The van der Waals surface area contributed by atoms with Crippen LogP contribution in [-0.4, -0.2) is 43.9 Å². The number of rotatable bonds is 6. The van der Waals surface area contributed by atoms with Crippen LogP contribution in [0.25, 0.3) is 0 Å². The minimum absolute atomic E-state index is 0.0670. The van der Waals surface area contributed by atoms with Crippen LogP contribution in [0.15, 0.2) is 41.3 Å². The molecule has 2 atom stereocenters. The van der Waals surface area contributed by atoms with Crippen LogP contribution in [0.3, 0.4) is 0 Å². The molecule has 6 nitrogen and oxygen atoms in total. The van der Waals surface area contributed by atoms with E-state index >= 15 is 0 Å². The Labute approximate surface area is 189 Å². The molecule has 0 unspecified atom stereocenters. The lowest BCUT2D eigenvalue weighted by Gasteiger charge is -2.34. The van der Waals surface area contributed by atoms with Gasteiger partial charge in [0.2, 0.25) is 10.0 Å². The minimum atomic E-state index is -3.87. The van der Waals surface area contributed by atoms with Gasteiger partial charge in [-0.2, -0.15) is 4.31 Å². The molecule has 0 aliphatic carbocycles. The Morgan fingerprint density at radius 3 is 2.23 bits per heavy atom. The van der Waals surface area contributed by atoms with E-state index in [-0.39, 0.29) is 46.7 Å². The summed E-state index contributed by atoms with van der Waals surface area (Å²) in [7, 11) is -3.87. The summed E-state index contributed by atoms with van der Waals surface area (Å²) in [4.78, 5) is 13.0. The molecule has 31 heavy (non-hydrogen) atoms. The summed E-state index contributed by atoms with van der Waals surface area (Å²) in [5.74, 6) is -0.368. The Bertz CT molecular complexity index is 1040. The Morgan fingerprint density at radius 1 is 1.10 bits per heavy atom. The van der Waals surface area contributed by atoms with Gasteiger partial charge < -0.3 is 10.1 Å². The number of carbonyl (C=O) groups is 1. The Kier molecular flexibility index (Phi) is 7.42. The highest BCUT2D eigenvalue weighted by molar-refractivity contribution is 7.89. The summed E-state index contributed by atoms with van der Waals surface area (Å²) in [5.41, 5.74) is 3.09. The number of amides is 1. The van der Waals surface area contributed by atoms with E-state index in [4.69, 9.17) is 16.3 Å². The molecule has 0 radical (unpaired) electrons. The molecule has 1 amide bonds. The fourth-order valence-corrected chi connectivity index (χ4v) is 5.99. The Morgan fingerprint density at radius 2 is 1.68 bits per heavy atom. The molecule has 1 aliphatic heterocycles. The van der Waals surface area contributed by atoms with Crippen molar-refractivity contribution >= 4 is 33.2 Å². The maximum absolute atomic E-state index is 13.3. The van der Waals surface area contributed by atoms with Crippen LogP contribution in [0.4, 0.5) is 5.69 Å². The van der Waals surface area contributed by atoms with Gasteiger partial charge in [0.05, 0.1) is 17.2 Å². The summed E-state index contributed by atoms with van der Waals surface area (Å²) in [5, 5.41) is 3.07. The summed E-state index contributed by atoms with van der Waals surface area (Å²) in [6, 6.07) is 10.3. The highest BCUT2D eigenvalue weighted by atomic mass is 35.5. The van der Waals surface area contributed by atoms with Crippen LogP contribution in [0, 0.1) is 0 Å². The zero-order valence-electron chi connectivity index (χ0n) is 18.3. The van der Waals surface area contributed by atoms with Crippen LogP contribution in [0.5, 0.6) is 0 Å². The first-order valence-electron chi connectivity index (χ1n) is 10.5. The highest BCUT2D eigenvalue weighted by Gasteiger charge is 2.34. The second-order valence-electron chi connectivity index (χ2n) is 7.84. The average molecular weight is 465 g/mol. The average Bonchev–Trinajstić information content (AvgIpc) is 2.73. The molecule has 8 heteroatoms. The number of hydrogen-bond acceptors (Lipinski definition) is 4. The van der Waals surface area contributed by atoms with Crippen LogP contribution in [0.2, 0.25) is 5.02 Å². The van der Waals surface area contributed by atoms with Crippen molar-refractivity contribution in [2.75, 3.05) is 18.4 Å². The number of para-hydroxylation sites is 1. The molecule has 1 aliphatic rings. The SMILES string of the molecule is CCc1cccc(CC)c1NC(=O)c1ccc(Cl)c(S(=O)(=O)N2C[C@@H](C)O[C@H](C)C2)c1. The summed E-state index contributed by atoms with van der Waals surface area (Å²) < 4.78 is 33.6. The molecule has 1 fully saturated rings. The first-order valence-corrected chi connectivity index (χ1v) is 12.4. The van der Waals surface area contributed by atoms with Gasteiger partial charge in [0.1, 0.15) is 4.90 Å². The number of nitrogens with zero attached hydrogens (tertiary/aromatic N) is 1. The third-order valence-corrected chi connectivity index (χ3v) is 7.75. The lowest BCUT2D eigenvalue weighted by molar-refractivity contribution is -0.0440. The molecule has 1 N–H and O–H groups in total. The van der Waals surface area contributed by atoms with Gasteiger partial charge in [-0.3, -0.25) is 4.79 Å². The second kappa shape index (κ2) is 9.69.